The number of nitrogens with zero attached hydrogens (tertiary/aromatic N) is 3. The van der Waals surface area contributed by atoms with Crippen molar-refractivity contribution in [3.05, 3.63) is 18.0 Å². The molecule has 1 unspecified atom stereocenters. The molecule has 2 N–H and O–H groups in total. The molecule has 23 heavy (non-hydrogen) atoms. The summed E-state index contributed by atoms with van der Waals surface area (Å²) >= 11 is 0. The molecule has 2 atom stereocenters. The van der Waals surface area contributed by atoms with Gasteiger partial charge in [-0.2, -0.15) is 0 Å². The lowest BCUT2D eigenvalue weighted by atomic mass is 10.0. The molecule has 3 rings (SSSR count). The number of nitrogens with one attached hydrogen (secondary N) is 1. The molecule has 1 aliphatic carbocycles. The molecule has 7 nitrogen and oxygen atoms in total. The number of sulfone groups is 1. The number of aromatic nitrogens is 3. The topological polar surface area (TPSA) is 105 Å². The van der Waals surface area contributed by atoms with Crippen LogP contribution < -0.4 is 5.32 Å². The van der Waals surface area contributed by atoms with Crippen molar-refractivity contribution in [1.29, 1.82) is 0 Å². The van der Waals surface area contributed by atoms with Gasteiger partial charge in [0.05, 0.1) is 11.6 Å². The predicted molar refractivity (Wildman–Crippen MR) is 87.1 cm³/mol. The molecule has 2 aromatic heterocycles. The highest BCUT2D eigenvalue weighted by atomic mass is 32.2. The lowest BCUT2D eigenvalue weighted by Crippen LogP contribution is -2.39. The maximum atomic E-state index is 11.7. The van der Waals surface area contributed by atoms with Gasteiger partial charge in [-0.25, -0.2) is 23.4 Å². The minimum Gasteiger partial charge on any atom is -0.388 e. The van der Waals surface area contributed by atoms with Gasteiger partial charge < -0.3 is 10.4 Å². The molecule has 2 aromatic rings. The number of rotatable bonds is 3. The quantitative estimate of drug-likeness (QED) is 0.817. The summed E-state index contributed by atoms with van der Waals surface area (Å²) in [6, 6.07) is 1.66. The summed E-state index contributed by atoms with van der Waals surface area (Å²) in [6.45, 7) is 3.65. The summed E-state index contributed by atoms with van der Waals surface area (Å²) in [5.41, 5.74) is 0.409. The number of aliphatic hydroxyl groups is 1. The van der Waals surface area contributed by atoms with Gasteiger partial charge in [-0.15, -0.1) is 0 Å². The van der Waals surface area contributed by atoms with Crippen molar-refractivity contribution in [2.45, 2.75) is 49.9 Å². The van der Waals surface area contributed by atoms with Crippen LogP contribution >= 0.6 is 0 Å². The number of aryl methyl sites for hydroxylation is 1. The van der Waals surface area contributed by atoms with Crippen LogP contribution in [0, 0.1) is 6.92 Å². The normalized spacial score (nSPS) is 25.0. The van der Waals surface area contributed by atoms with E-state index in [-0.39, 0.29) is 11.2 Å². The minimum absolute atomic E-state index is 0.142. The fourth-order valence-corrected chi connectivity index (χ4v) is 3.48. The average molecular weight is 336 g/mol. The monoisotopic (exact) mass is 336 g/mol. The zero-order valence-electron chi connectivity index (χ0n) is 13.4. The lowest BCUT2D eigenvalue weighted by Gasteiger charge is -2.27. The third-order valence-corrected chi connectivity index (χ3v) is 5.10. The number of hydrogen-bond acceptors (Lipinski definition) is 7. The summed E-state index contributed by atoms with van der Waals surface area (Å²) in [5, 5.41) is 14.2. The Morgan fingerprint density at radius 2 is 2.13 bits per heavy atom. The van der Waals surface area contributed by atoms with Crippen molar-refractivity contribution in [2.75, 3.05) is 11.6 Å². The van der Waals surface area contributed by atoms with Gasteiger partial charge >= 0.3 is 0 Å². The van der Waals surface area contributed by atoms with Gasteiger partial charge in [0.2, 0.25) is 15.0 Å². The van der Waals surface area contributed by atoms with E-state index >= 15 is 0 Å². The Hall–Kier alpha value is -1.80. The van der Waals surface area contributed by atoms with Gasteiger partial charge in [0.15, 0.2) is 5.82 Å². The zero-order chi connectivity index (χ0) is 16.8. The summed E-state index contributed by atoms with van der Waals surface area (Å²) in [4.78, 5) is 12.5. The molecule has 0 aliphatic heterocycles. The van der Waals surface area contributed by atoms with E-state index in [0.717, 1.165) is 31.2 Å². The second-order valence-corrected chi connectivity index (χ2v) is 8.33. The second-order valence-electron chi connectivity index (χ2n) is 6.42. The largest absolute Gasteiger partial charge is 0.388 e. The highest BCUT2D eigenvalue weighted by Crippen LogP contribution is 2.33. The first-order chi connectivity index (χ1) is 10.7. The first kappa shape index (κ1) is 16.1. The summed E-state index contributed by atoms with van der Waals surface area (Å²) in [7, 11) is -3.50. The van der Waals surface area contributed by atoms with Crippen LogP contribution in [-0.4, -0.2) is 46.4 Å². The van der Waals surface area contributed by atoms with Crippen molar-refractivity contribution in [1.82, 2.24) is 15.0 Å². The Morgan fingerprint density at radius 1 is 1.39 bits per heavy atom. The van der Waals surface area contributed by atoms with E-state index in [0.29, 0.717) is 16.7 Å². The van der Waals surface area contributed by atoms with Crippen LogP contribution in [-0.2, 0) is 9.84 Å². The molecule has 0 bridgehead atoms. The van der Waals surface area contributed by atoms with Crippen LogP contribution in [0.5, 0.6) is 0 Å². The molecule has 124 valence electrons. The fourth-order valence-electron chi connectivity index (χ4n) is 2.98. The van der Waals surface area contributed by atoms with Crippen LogP contribution in [0.25, 0.3) is 10.9 Å². The van der Waals surface area contributed by atoms with Crippen molar-refractivity contribution in [3.8, 4) is 0 Å². The van der Waals surface area contributed by atoms with Crippen molar-refractivity contribution in [2.24, 2.45) is 0 Å². The number of pyridine rings is 1. The molecule has 8 heteroatoms. The Bertz CT molecular complexity index is 864. The van der Waals surface area contributed by atoms with Crippen LogP contribution in [0.3, 0.4) is 0 Å². The van der Waals surface area contributed by atoms with Gasteiger partial charge in [0.25, 0.3) is 0 Å². The Labute approximate surface area is 135 Å². The van der Waals surface area contributed by atoms with E-state index in [2.05, 4.69) is 20.3 Å². The highest BCUT2D eigenvalue weighted by molar-refractivity contribution is 7.90. The predicted octanol–water partition coefficient (Wildman–Crippen LogP) is 1.45. The van der Waals surface area contributed by atoms with E-state index in [4.69, 9.17) is 0 Å². The smallest absolute Gasteiger partial charge is 0.247 e. The number of anilines is 1. The van der Waals surface area contributed by atoms with Gasteiger partial charge in [0, 0.05) is 23.5 Å². The molecular weight excluding hydrogens is 316 g/mol. The number of fused-ring (bicyclic) bond motifs is 1. The standard InChI is InChI=1S/C15H20N4O3S/c1-9-7-10-8-16-14(23(3,21)22)19-12(10)13(17-9)18-11-5-4-6-15(11,2)20/h7-8,11,20H,4-6H2,1-3H3,(H,17,18)/t11?,15-/m1/s1. The molecule has 1 fully saturated rings. The van der Waals surface area contributed by atoms with Crippen LogP contribution in [0.15, 0.2) is 17.4 Å². The van der Waals surface area contributed by atoms with Crippen LogP contribution in [0.2, 0.25) is 0 Å². The average Bonchev–Trinajstić information content (AvgIpc) is 2.76. The molecule has 0 radical (unpaired) electrons. The lowest BCUT2D eigenvalue weighted by molar-refractivity contribution is 0.0578. The van der Waals surface area contributed by atoms with Crippen molar-refractivity contribution in [3.63, 3.8) is 0 Å². The molecular formula is C15H20N4O3S. The molecule has 0 saturated heterocycles. The third-order valence-electron chi connectivity index (χ3n) is 4.24. The number of hydrogen-bond donors (Lipinski definition) is 2. The maximum absolute atomic E-state index is 11.7. The molecule has 1 aliphatic rings. The van der Waals surface area contributed by atoms with Crippen molar-refractivity contribution < 1.29 is 13.5 Å². The van der Waals surface area contributed by atoms with E-state index in [1.165, 1.54) is 6.20 Å². The summed E-state index contributed by atoms with van der Waals surface area (Å²) in [5.74, 6) is 0.486. The van der Waals surface area contributed by atoms with Gasteiger partial charge in [-0.1, -0.05) is 0 Å². The first-order valence-corrected chi connectivity index (χ1v) is 9.39. The second kappa shape index (κ2) is 5.38. The Balaban J connectivity index is 2.11. The van der Waals surface area contributed by atoms with E-state index in [1.54, 1.807) is 13.0 Å². The van der Waals surface area contributed by atoms with Crippen LogP contribution in [0.1, 0.15) is 31.9 Å². The van der Waals surface area contributed by atoms with E-state index < -0.39 is 15.4 Å². The van der Waals surface area contributed by atoms with Crippen molar-refractivity contribution >= 4 is 26.6 Å². The van der Waals surface area contributed by atoms with Gasteiger partial charge in [-0.05, 0) is 39.2 Å². The summed E-state index contributed by atoms with van der Waals surface area (Å²) in [6.07, 6.45) is 5.04. The summed E-state index contributed by atoms with van der Waals surface area (Å²) < 4.78 is 23.4. The van der Waals surface area contributed by atoms with E-state index in [9.17, 15) is 13.5 Å². The third kappa shape index (κ3) is 3.13. The Morgan fingerprint density at radius 3 is 2.74 bits per heavy atom. The first-order valence-electron chi connectivity index (χ1n) is 7.50. The highest BCUT2D eigenvalue weighted by Gasteiger charge is 2.37. The maximum Gasteiger partial charge on any atom is 0.247 e. The van der Waals surface area contributed by atoms with Gasteiger partial charge in [0.1, 0.15) is 5.52 Å². The fraction of sp³-hybridized carbons (Fsp3) is 0.533. The SMILES string of the molecule is Cc1cc2cnc(S(C)(=O)=O)nc2c(NC2CCC[C@@]2(C)O)n1. The molecule has 1 saturated carbocycles. The molecule has 2 heterocycles. The van der Waals surface area contributed by atoms with E-state index in [1.807, 2.05) is 6.92 Å². The van der Waals surface area contributed by atoms with Crippen LogP contribution in [0.4, 0.5) is 5.82 Å². The van der Waals surface area contributed by atoms with Gasteiger partial charge in [-0.3, -0.25) is 0 Å². The molecule has 0 aromatic carbocycles. The zero-order valence-corrected chi connectivity index (χ0v) is 14.2. The molecule has 0 spiro atoms. The molecule has 0 amide bonds. The Kier molecular flexibility index (Phi) is 3.76. The minimum atomic E-state index is -3.50.